The van der Waals surface area contributed by atoms with Gasteiger partial charge in [-0.25, -0.2) is 4.90 Å². The highest BCUT2D eigenvalue weighted by Gasteiger charge is 2.29. The molecule has 0 bridgehead atoms. The highest BCUT2D eigenvalue weighted by Crippen LogP contribution is 2.28. The van der Waals surface area contributed by atoms with Crippen molar-refractivity contribution in [3.63, 3.8) is 0 Å². The van der Waals surface area contributed by atoms with Gasteiger partial charge in [-0.05, 0) is 19.1 Å². The Morgan fingerprint density at radius 1 is 1.25 bits per heavy atom. The molecule has 0 atom stereocenters. The zero-order valence-corrected chi connectivity index (χ0v) is 8.77. The number of nitrogens with zero attached hydrogens (tertiary/aromatic N) is 1. The summed E-state index contributed by atoms with van der Waals surface area (Å²) in [6.07, 6.45) is 0. The molecule has 0 radical (unpaired) electrons. The number of morpholine rings is 1. The number of amides is 2. The van der Waals surface area contributed by atoms with Crippen molar-refractivity contribution >= 4 is 17.5 Å². The van der Waals surface area contributed by atoms with Crippen LogP contribution in [0.2, 0.25) is 0 Å². The summed E-state index contributed by atoms with van der Waals surface area (Å²) >= 11 is 0. The summed E-state index contributed by atoms with van der Waals surface area (Å²) < 4.78 is 4.81. The van der Waals surface area contributed by atoms with Crippen molar-refractivity contribution < 1.29 is 19.4 Å². The number of rotatable bonds is 1. The molecule has 0 saturated carbocycles. The van der Waals surface area contributed by atoms with Crippen LogP contribution < -0.4 is 4.90 Å². The minimum Gasteiger partial charge on any atom is -0.508 e. The van der Waals surface area contributed by atoms with E-state index in [9.17, 15) is 14.7 Å². The van der Waals surface area contributed by atoms with Gasteiger partial charge in [0.25, 0.3) is 11.8 Å². The Bertz CT molecular complexity index is 439. The van der Waals surface area contributed by atoms with Gasteiger partial charge in [0.1, 0.15) is 19.0 Å². The number of hydrogen-bond donors (Lipinski definition) is 1. The number of anilines is 1. The largest absolute Gasteiger partial charge is 0.508 e. The Morgan fingerprint density at radius 2 is 1.88 bits per heavy atom. The Balaban J connectivity index is 2.46. The van der Waals surface area contributed by atoms with Crippen molar-refractivity contribution in [3.05, 3.63) is 23.8 Å². The molecule has 0 aliphatic carbocycles. The molecule has 5 heteroatoms. The minimum absolute atomic E-state index is 0.0598. The van der Waals surface area contributed by atoms with Gasteiger partial charge in [-0.2, -0.15) is 0 Å². The first-order valence-corrected chi connectivity index (χ1v) is 4.83. The molecular weight excluding hydrogens is 210 g/mol. The quantitative estimate of drug-likeness (QED) is 0.705. The van der Waals surface area contributed by atoms with Crippen LogP contribution in [0.1, 0.15) is 5.56 Å². The van der Waals surface area contributed by atoms with Gasteiger partial charge < -0.3 is 9.84 Å². The lowest BCUT2D eigenvalue weighted by molar-refractivity contribution is -0.138. The van der Waals surface area contributed by atoms with E-state index in [1.165, 1.54) is 6.07 Å². The summed E-state index contributed by atoms with van der Waals surface area (Å²) in [5, 5.41) is 9.52. The third kappa shape index (κ3) is 1.65. The predicted molar refractivity (Wildman–Crippen MR) is 56.2 cm³/mol. The average molecular weight is 221 g/mol. The van der Waals surface area contributed by atoms with Crippen LogP contribution in [0.4, 0.5) is 5.69 Å². The third-order valence-electron chi connectivity index (χ3n) is 2.47. The molecule has 2 rings (SSSR count). The maximum absolute atomic E-state index is 11.6. The zero-order valence-electron chi connectivity index (χ0n) is 8.77. The Labute approximate surface area is 92.2 Å². The van der Waals surface area contributed by atoms with E-state index in [0.717, 1.165) is 4.90 Å². The van der Waals surface area contributed by atoms with E-state index < -0.39 is 11.8 Å². The van der Waals surface area contributed by atoms with Gasteiger partial charge in [0, 0.05) is 5.56 Å². The smallest absolute Gasteiger partial charge is 0.259 e. The topological polar surface area (TPSA) is 66.8 Å². The first-order valence-electron chi connectivity index (χ1n) is 4.83. The van der Waals surface area contributed by atoms with Gasteiger partial charge >= 0.3 is 0 Å². The van der Waals surface area contributed by atoms with E-state index >= 15 is 0 Å². The number of aromatic hydroxyl groups is 1. The Hall–Kier alpha value is -1.88. The number of phenolic OH excluding ortho intramolecular Hbond substituents is 1. The molecule has 2 amide bonds. The fourth-order valence-corrected chi connectivity index (χ4v) is 1.62. The highest BCUT2D eigenvalue weighted by molar-refractivity contribution is 6.17. The summed E-state index contributed by atoms with van der Waals surface area (Å²) in [5.74, 6) is -0.764. The van der Waals surface area contributed by atoms with Crippen LogP contribution in [0, 0.1) is 6.92 Å². The Kier molecular flexibility index (Phi) is 2.62. The predicted octanol–water partition coefficient (Wildman–Crippen LogP) is 0.590. The Morgan fingerprint density at radius 3 is 2.50 bits per heavy atom. The monoisotopic (exact) mass is 221 g/mol. The molecule has 5 nitrogen and oxygen atoms in total. The minimum atomic E-state index is -0.412. The molecule has 1 fully saturated rings. The SMILES string of the molecule is Cc1c(O)cccc1N1C(=O)COCC1=O. The van der Waals surface area contributed by atoms with E-state index in [1.807, 2.05) is 0 Å². The fraction of sp³-hybridized carbons (Fsp3) is 0.273. The summed E-state index contributed by atoms with van der Waals surface area (Å²) in [6.45, 7) is 1.43. The van der Waals surface area contributed by atoms with Gasteiger partial charge in [-0.3, -0.25) is 9.59 Å². The maximum Gasteiger partial charge on any atom is 0.259 e. The van der Waals surface area contributed by atoms with Gasteiger partial charge in [0.2, 0.25) is 0 Å². The zero-order chi connectivity index (χ0) is 11.7. The van der Waals surface area contributed by atoms with Crippen molar-refractivity contribution in [1.29, 1.82) is 0 Å². The van der Waals surface area contributed by atoms with Gasteiger partial charge in [-0.15, -0.1) is 0 Å². The molecule has 84 valence electrons. The summed E-state index contributed by atoms with van der Waals surface area (Å²) in [4.78, 5) is 24.2. The van der Waals surface area contributed by atoms with Gasteiger partial charge in [0.15, 0.2) is 0 Å². The number of hydrogen-bond acceptors (Lipinski definition) is 4. The molecule has 0 spiro atoms. The number of phenols is 1. The lowest BCUT2D eigenvalue weighted by Crippen LogP contribution is -2.46. The number of carbonyl (C=O) groups is 2. The molecule has 1 aliphatic heterocycles. The normalized spacial score (nSPS) is 16.7. The molecule has 0 unspecified atom stereocenters. The molecule has 1 aromatic carbocycles. The number of ether oxygens (including phenoxy) is 1. The lowest BCUT2D eigenvalue weighted by atomic mass is 10.1. The van der Waals surface area contributed by atoms with Crippen LogP contribution in [0.3, 0.4) is 0 Å². The van der Waals surface area contributed by atoms with Crippen molar-refractivity contribution in [2.24, 2.45) is 0 Å². The lowest BCUT2D eigenvalue weighted by Gasteiger charge is -2.26. The summed E-state index contributed by atoms with van der Waals surface area (Å²) in [5.41, 5.74) is 0.921. The third-order valence-corrected chi connectivity index (χ3v) is 2.47. The van der Waals surface area contributed by atoms with Crippen molar-refractivity contribution in [3.8, 4) is 5.75 Å². The summed E-state index contributed by atoms with van der Waals surface area (Å²) in [6, 6.07) is 4.72. The molecule has 1 aromatic rings. The number of imide groups is 1. The first-order chi connectivity index (χ1) is 7.61. The van der Waals surface area contributed by atoms with Crippen LogP contribution in [-0.2, 0) is 14.3 Å². The molecule has 0 aromatic heterocycles. The molecule has 1 aliphatic rings. The van der Waals surface area contributed by atoms with Crippen LogP contribution in [0.25, 0.3) is 0 Å². The second-order valence-electron chi connectivity index (χ2n) is 3.54. The molecule has 1 heterocycles. The van der Waals surface area contributed by atoms with Crippen molar-refractivity contribution in [1.82, 2.24) is 0 Å². The molecule has 1 saturated heterocycles. The van der Waals surface area contributed by atoms with Crippen LogP contribution in [0.15, 0.2) is 18.2 Å². The van der Waals surface area contributed by atoms with Gasteiger partial charge in [0.05, 0.1) is 5.69 Å². The van der Waals surface area contributed by atoms with Gasteiger partial charge in [-0.1, -0.05) is 6.07 Å². The second-order valence-corrected chi connectivity index (χ2v) is 3.54. The van der Waals surface area contributed by atoms with Crippen LogP contribution in [0.5, 0.6) is 5.75 Å². The van der Waals surface area contributed by atoms with Crippen molar-refractivity contribution in [2.45, 2.75) is 6.92 Å². The second kappa shape index (κ2) is 3.94. The van der Waals surface area contributed by atoms with E-state index in [0.29, 0.717) is 11.3 Å². The maximum atomic E-state index is 11.6. The summed E-state index contributed by atoms with van der Waals surface area (Å²) in [7, 11) is 0. The molecule has 1 N–H and O–H groups in total. The van der Waals surface area contributed by atoms with Crippen molar-refractivity contribution in [2.75, 3.05) is 18.1 Å². The first kappa shape index (κ1) is 10.6. The van der Waals surface area contributed by atoms with E-state index in [2.05, 4.69) is 0 Å². The fourth-order valence-electron chi connectivity index (χ4n) is 1.62. The molecule has 16 heavy (non-hydrogen) atoms. The van der Waals surface area contributed by atoms with E-state index in [1.54, 1.807) is 19.1 Å². The number of carbonyl (C=O) groups excluding carboxylic acids is 2. The highest BCUT2D eigenvalue weighted by atomic mass is 16.5. The average Bonchev–Trinajstić information content (AvgIpc) is 2.24. The van der Waals surface area contributed by atoms with Crippen LogP contribution in [-0.4, -0.2) is 30.1 Å². The number of benzene rings is 1. The van der Waals surface area contributed by atoms with E-state index in [-0.39, 0.29) is 19.0 Å². The van der Waals surface area contributed by atoms with Crippen LogP contribution >= 0.6 is 0 Å². The molecular formula is C11H11NO4. The standard InChI is InChI=1S/C11H11NO4/c1-7-8(3-2-4-9(7)13)12-10(14)5-16-6-11(12)15/h2-4,13H,5-6H2,1H3. The van der Waals surface area contributed by atoms with E-state index in [4.69, 9.17) is 4.74 Å².